The maximum atomic E-state index is 12.4. The Morgan fingerprint density at radius 2 is 2.28 bits per heavy atom. The van der Waals surface area contributed by atoms with Gasteiger partial charge in [-0.2, -0.15) is 4.31 Å². The van der Waals surface area contributed by atoms with Gasteiger partial charge >= 0.3 is 0 Å². The first-order chi connectivity index (χ1) is 8.41. The van der Waals surface area contributed by atoms with Crippen LogP contribution < -0.4 is 0 Å². The predicted molar refractivity (Wildman–Crippen MR) is 73.5 cm³/mol. The van der Waals surface area contributed by atoms with Gasteiger partial charge in [0.2, 0.25) is 10.0 Å². The van der Waals surface area contributed by atoms with Crippen LogP contribution in [0.25, 0.3) is 0 Å². The summed E-state index contributed by atoms with van der Waals surface area (Å²) in [6, 6.07) is 3.64. The standard InChI is InChI=1S/C11H16ClNO3S2/c1-8-10(5-6-16-8)18(14,15)13(2)7-9-3-4-11(12)17-9/h3-4,8,10H,5-7H2,1-2H3. The van der Waals surface area contributed by atoms with E-state index >= 15 is 0 Å². The van der Waals surface area contributed by atoms with Crippen LogP contribution in [0.5, 0.6) is 0 Å². The Morgan fingerprint density at radius 1 is 1.56 bits per heavy atom. The molecule has 0 aromatic carbocycles. The SMILES string of the molecule is CC1OCCC1S(=O)(=O)N(C)Cc1ccc(Cl)s1. The number of hydrogen-bond acceptors (Lipinski definition) is 4. The van der Waals surface area contributed by atoms with Crippen molar-refractivity contribution in [2.24, 2.45) is 0 Å². The minimum absolute atomic E-state index is 0.232. The Hall–Kier alpha value is -0.140. The fourth-order valence-corrected chi connectivity index (χ4v) is 5.04. The molecule has 1 fully saturated rings. The summed E-state index contributed by atoms with van der Waals surface area (Å²) in [5.74, 6) is 0. The maximum absolute atomic E-state index is 12.4. The zero-order valence-electron chi connectivity index (χ0n) is 10.3. The van der Waals surface area contributed by atoms with E-state index in [1.807, 2.05) is 13.0 Å². The molecule has 1 aromatic rings. The highest BCUT2D eigenvalue weighted by atomic mass is 35.5. The second-order valence-electron chi connectivity index (χ2n) is 4.41. The lowest BCUT2D eigenvalue weighted by molar-refractivity contribution is 0.125. The van der Waals surface area contributed by atoms with Crippen molar-refractivity contribution in [2.75, 3.05) is 13.7 Å². The summed E-state index contributed by atoms with van der Waals surface area (Å²) in [6.45, 7) is 2.69. The fourth-order valence-electron chi connectivity index (χ4n) is 2.08. The second kappa shape index (κ2) is 5.46. The van der Waals surface area contributed by atoms with Crippen molar-refractivity contribution in [3.63, 3.8) is 0 Å². The molecule has 7 heteroatoms. The molecule has 0 saturated carbocycles. The highest BCUT2D eigenvalue weighted by Crippen LogP contribution is 2.27. The number of rotatable bonds is 4. The van der Waals surface area contributed by atoms with Crippen LogP contribution in [0, 0.1) is 0 Å². The maximum Gasteiger partial charge on any atom is 0.219 e. The normalized spacial score (nSPS) is 24.9. The molecule has 1 aliphatic heterocycles. The van der Waals surface area contributed by atoms with E-state index in [9.17, 15) is 8.42 Å². The molecular formula is C11H16ClNO3S2. The van der Waals surface area contributed by atoms with Gasteiger partial charge in [-0.05, 0) is 25.5 Å². The minimum atomic E-state index is -3.30. The Morgan fingerprint density at radius 3 is 2.78 bits per heavy atom. The van der Waals surface area contributed by atoms with E-state index in [-0.39, 0.29) is 6.10 Å². The first-order valence-corrected chi connectivity index (χ1v) is 8.42. The summed E-state index contributed by atoms with van der Waals surface area (Å²) in [6.07, 6.45) is 0.336. The highest BCUT2D eigenvalue weighted by Gasteiger charge is 2.38. The first kappa shape index (κ1) is 14.3. The number of hydrogen-bond donors (Lipinski definition) is 0. The number of halogens is 1. The summed E-state index contributed by atoms with van der Waals surface area (Å²) in [5.41, 5.74) is 0. The van der Waals surface area contributed by atoms with Crippen LogP contribution in [0.1, 0.15) is 18.2 Å². The quantitative estimate of drug-likeness (QED) is 0.857. The summed E-state index contributed by atoms with van der Waals surface area (Å²) < 4.78 is 32.1. The highest BCUT2D eigenvalue weighted by molar-refractivity contribution is 7.89. The van der Waals surface area contributed by atoms with E-state index in [4.69, 9.17) is 16.3 Å². The Labute approximate surface area is 117 Å². The van der Waals surface area contributed by atoms with Crippen molar-refractivity contribution in [3.05, 3.63) is 21.3 Å². The number of thiophene rings is 1. The zero-order chi connectivity index (χ0) is 13.3. The zero-order valence-corrected chi connectivity index (χ0v) is 12.7. The monoisotopic (exact) mass is 309 g/mol. The third-order valence-corrected chi connectivity index (χ3v) is 6.73. The number of sulfonamides is 1. The van der Waals surface area contributed by atoms with Crippen LogP contribution in [0.2, 0.25) is 4.34 Å². The molecule has 1 aromatic heterocycles. The van der Waals surface area contributed by atoms with Crippen LogP contribution in [0.4, 0.5) is 0 Å². The van der Waals surface area contributed by atoms with Crippen molar-refractivity contribution < 1.29 is 13.2 Å². The topological polar surface area (TPSA) is 46.6 Å². The molecule has 0 amide bonds. The van der Waals surface area contributed by atoms with Gasteiger partial charge in [0, 0.05) is 25.1 Å². The molecule has 2 heterocycles. The van der Waals surface area contributed by atoms with Gasteiger partial charge in [0.25, 0.3) is 0 Å². The molecule has 1 saturated heterocycles. The second-order valence-corrected chi connectivity index (χ2v) is 8.47. The Balaban J connectivity index is 2.10. The molecule has 2 unspecified atom stereocenters. The van der Waals surface area contributed by atoms with Gasteiger partial charge in [-0.1, -0.05) is 11.6 Å². The molecule has 2 atom stereocenters. The first-order valence-electron chi connectivity index (χ1n) is 5.72. The van der Waals surface area contributed by atoms with Crippen molar-refractivity contribution in [2.45, 2.75) is 31.2 Å². The van der Waals surface area contributed by atoms with Crippen LogP contribution in [0.15, 0.2) is 12.1 Å². The summed E-state index contributed by atoms with van der Waals surface area (Å²) >= 11 is 7.24. The number of nitrogens with zero attached hydrogens (tertiary/aromatic N) is 1. The third-order valence-electron chi connectivity index (χ3n) is 3.13. The lowest BCUT2D eigenvalue weighted by atomic mass is 10.3. The average molecular weight is 310 g/mol. The van der Waals surface area contributed by atoms with Gasteiger partial charge < -0.3 is 4.74 Å². The van der Waals surface area contributed by atoms with Gasteiger partial charge in [-0.15, -0.1) is 11.3 Å². The van der Waals surface area contributed by atoms with Gasteiger partial charge in [-0.25, -0.2) is 8.42 Å². The molecule has 0 spiro atoms. The summed E-state index contributed by atoms with van der Waals surface area (Å²) in [5, 5.41) is -0.432. The van der Waals surface area contributed by atoms with Gasteiger partial charge in [0.15, 0.2) is 0 Å². The molecule has 102 valence electrons. The fraction of sp³-hybridized carbons (Fsp3) is 0.636. The van der Waals surface area contributed by atoms with Gasteiger partial charge in [0.1, 0.15) is 5.25 Å². The number of ether oxygens (including phenoxy) is 1. The molecular weight excluding hydrogens is 294 g/mol. The molecule has 0 bridgehead atoms. The molecule has 0 radical (unpaired) electrons. The lowest BCUT2D eigenvalue weighted by Gasteiger charge is -2.22. The summed E-state index contributed by atoms with van der Waals surface area (Å²) in [4.78, 5) is 0.942. The summed E-state index contributed by atoms with van der Waals surface area (Å²) in [7, 11) is -1.70. The third kappa shape index (κ3) is 2.88. The minimum Gasteiger partial charge on any atom is -0.377 e. The van der Waals surface area contributed by atoms with Crippen LogP contribution in [-0.4, -0.2) is 37.7 Å². The van der Waals surface area contributed by atoms with E-state index in [0.717, 1.165) is 4.88 Å². The molecule has 0 aliphatic carbocycles. The smallest absolute Gasteiger partial charge is 0.219 e. The Bertz CT molecular complexity index is 514. The lowest BCUT2D eigenvalue weighted by Crippen LogP contribution is -2.39. The van der Waals surface area contributed by atoms with Crippen molar-refractivity contribution in [1.82, 2.24) is 4.31 Å². The van der Waals surface area contributed by atoms with Crippen molar-refractivity contribution >= 4 is 33.0 Å². The Kier molecular flexibility index (Phi) is 4.33. The van der Waals surface area contributed by atoms with Crippen molar-refractivity contribution in [1.29, 1.82) is 0 Å². The van der Waals surface area contributed by atoms with E-state index < -0.39 is 15.3 Å². The van der Waals surface area contributed by atoms with Crippen LogP contribution in [-0.2, 0) is 21.3 Å². The van der Waals surface area contributed by atoms with E-state index in [1.165, 1.54) is 15.6 Å². The molecule has 18 heavy (non-hydrogen) atoms. The van der Waals surface area contributed by atoms with Crippen LogP contribution >= 0.6 is 22.9 Å². The van der Waals surface area contributed by atoms with E-state index in [2.05, 4.69) is 0 Å². The van der Waals surface area contributed by atoms with Gasteiger partial charge in [-0.3, -0.25) is 0 Å². The molecule has 2 rings (SSSR count). The predicted octanol–water partition coefficient (Wildman–Crippen LogP) is 2.34. The van der Waals surface area contributed by atoms with Crippen LogP contribution in [0.3, 0.4) is 0 Å². The average Bonchev–Trinajstić information content (AvgIpc) is 2.87. The molecule has 4 nitrogen and oxygen atoms in total. The molecule has 1 aliphatic rings. The largest absolute Gasteiger partial charge is 0.377 e. The van der Waals surface area contributed by atoms with Crippen molar-refractivity contribution in [3.8, 4) is 0 Å². The van der Waals surface area contributed by atoms with Gasteiger partial charge in [0.05, 0.1) is 10.4 Å². The molecule has 0 N–H and O–H groups in total. The van der Waals surface area contributed by atoms with E-state index in [1.54, 1.807) is 13.1 Å². The van der Waals surface area contributed by atoms with E-state index in [0.29, 0.717) is 23.9 Å².